The number of methoxy groups -OCH3 is 1. The van der Waals surface area contributed by atoms with Gasteiger partial charge in [-0.15, -0.1) is 0 Å². The van der Waals surface area contributed by atoms with Crippen molar-refractivity contribution < 1.29 is 32.6 Å². The van der Waals surface area contributed by atoms with Gasteiger partial charge in [0.1, 0.15) is 0 Å². The van der Waals surface area contributed by atoms with Crippen LogP contribution in [0.5, 0.6) is 0 Å². The zero-order chi connectivity index (χ0) is 19.3. The van der Waals surface area contributed by atoms with Crippen molar-refractivity contribution in [2.45, 2.75) is 12.3 Å². The van der Waals surface area contributed by atoms with Crippen LogP contribution in [0.2, 0.25) is 0 Å². The minimum absolute atomic E-state index is 0.178. The van der Waals surface area contributed by atoms with Crippen LogP contribution in [0, 0.1) is 0 Å². The minimum atomic E-state index is -4.45. The van der Waals surface area contributed by atoms with Gasteiger partial charge in [0.05, 0.1) is 24.3 Å². The Balaban J connectivity index is 1.95. The number of amides is 1. The summed E-state index contributed by atoms with van der Waals surface area (Å²) >= 11 is 0. The summed E-state index contributed by atoms with van der Waals surface area (Å²) in [5.41, 5.74) is -0.0198. The maximum Gasteiger partial charge on any atom is 0.416 e. The summed E-state index contributed by atoms with van der Waals surface area (Å²) in [6.45, 7) is -0.178. The summed E-state index contributed by atoms with van der Waals surface area (Å²) in [4.78, 5) is 23.4. The largest absolute Gasteiger partial charge is 0.465 e. The van der Waals surface area contributed by atoms with E-state index in [0.29, 0.717) is 0 Å². The summed E-state index contributed by atoms with van der Waals surface area (Å²) in [5.74, 6) is -1.03. The summed E-state index contributed by atoms with van der Waals surface area (Å²) in [5, 5.41) is 12.5. The van der Waals surface area contributed by atoms with Crippen LogP contribution >= 0.6 is 0 Å². The zero-order valence-electron chi connectivity index (χ0n) is 13.7. The topological polar surface area (TPSA) is 75.6 Å². The maximum atomic E-state index is 12.5. The molecular formula is C18H16F3NO4. The van der Waals surface area contributed by atoms with Crippen molar-refractivity contribution in [2.24, 2.45) is 0 Å². The molecule has 0 saturated carbocycles. The Morgan fingerprint density at radius 1 is 1.04 bits per heavy atom. The average molecular weight is 367 g/mol. The Kier molecular flexibility index (Phi) is 5.99. The van der Waals surface area contributed by atoms with Crippen LogP contribution in [0.15, 0.2) is 48.5 Å². The van der Waals surface area contributed by atoms with E-state index in [-0.39, 0.29) is 23.2 Å². The zero-order valence-corrected chi connectivity index (χ0v) is 13.7. The summed E-state index contributed by atoms with van der Waals surface area (Å²) in [6, 6.07) is 9.74. The number of ether oxygens (including phenoxy) is 1. The molecule has 26 heavy (non-hydrogen) atoms. The quantitative estimate of drug-likeness (QED) is 0.797. The highest BCUT2D eigenvalue weighted by molar-refractivity contribution is 5.96. The molecule has 2 N–H and O–H groups in total. The van der Waals surface area contributed by atoms with Gasteiger partial charge in [-0.1, -0.05) is 12.1 Å². The van der Waals surface area contributed by atoms with Crippen LogP contribution in [0.25, 0.3) is 0 Å². The summed E-state index contributed by atoms with van der Waals surface area (Å²) < 4.78 is 42.1. The number of carbonyl (C=O) groups is 2. The molecule has 0 aliphatic heterocycles. The van der Waals surface area contributed by atoms with E-state index in [4.69, 9.17) is 0 Å². The van der Waals surface area contributed by atoms with Gasteiger partial charge in [0.25, 0.3) is 5.91 Å². The van der Waals surface area contributed by atoms with Crippen LogP contribution in [-0.4, -0.2) is 30.6 Å². The minimum Gasteiger partial charge on any atom is -0.465 e. The van der Waals surface area contributed by atoms with Gasteiger partial charge in [-0.05, 0) is 42.0 Å². The Labute approximate surface area is 147 Å². The van der Waals surface area contributed by atoms with Crippen LogP contribution in [0.3, 0.4) is 0 Å². The number of esters is 1. The van der Waals surface area contributed by atoms with E-state index < -0.39 is 29.7 Å². The summed E-state index contributed by atoms with van der Waals surface area (Å²) in [6.07, 6.45) is -5.61. The lowest BCUT2D eigenvalue weighted by molar-refractivity contribution is -0.137. The third kappa shape index (κ3) is 4.82. The van der Waals surface area contributed by atoms with E-state index in [0.717, 1.165) is 24.3 Å². The number of hydrogen-bond donors (Lipinski definition) is 2. The van der Waals surface area contributed by atoms with Crippen LogP contribution < -0.4 is 5.32 Å². The molecule has 0 saturated heterocycles. The molecule has 2 aromatic carbocycles. The third-order valence-electron chi connectivity index (χ3n) is 3.65. The Morgan fingerprint density at radius 2 is 1.58 bits per heavy atom. The molecule has 5 nitrogen and oxygen atoms in total. The Bertz CT molecular complexity index is 771. The average Bonchev–Trinajstić information content (AvgIpc) is 2.64. The highest BCUT2D eigenvalue weighted by atomic mass is 19.4. The number of halogens is 3. The van der Waals surface area contributed by atoms with Crippen molar-refractivity contribution in [3.05, 3.63) is 70.8 Å². The number of benzene rings is 2. The Hall–Kier alpha value is -2.87. The number of carbonyl (C=O) groups excluding carboxylic acids is 2. The van der Waals surface area contributed by atoms with E-state index in [2.05, 4.69) is 10.1 Å². The first-order valence-corrected chi connectivity index (χ1v) is 7.54. The fraction of sp³-hybridized carbons (Fsp3) is 0.222. The molecule has 0 radical (unpaired) electrons. The lowest BCUT2D eigenvalue weighted by atomic mass is 10.1. The van der Waals surface area contributed by atoms with Crippen molar-refractivity contribution >= 4 is 11.9 Å². The highest BCUT2D eigenvalue weighted by Crippen LogP contribution is 2.29. The second-order valence-corrected chi connectivity index (χ2v) is 5.41. The second-order valence-electron chi connectivity index (χ2n) is 5.41. The smallest absolute Gasteiger partial charge is 0.416 e. The molecule has 0 aliphatic rings. The molecule has 0 heterocycles. The highest BCUT2D eigenvalue weighted by Gasteiger charge is 2.30. The van der Waals surface area contributed by atoms with E-state index in [1.54, 1.807) is 0 Å². The van der Waals surface area contributed by atoms with Gasteiger partial charge in [-0.25, -0.2) is 4.79 Å². The molecule has 2 rings (SSSR count). The van der Waals surface area contributed by atoms with E-state index in [1.165, 1.54) is 31.4 Å². The number of alkyl halides is 3. The molecule has 138 valence electrons. The first-order valence-electron chi connectivity index (χ1n) is 7.54. The second kappa shape index (κ2) is 8.01. The first-order chi connectivity index (χ1) is 12.2. The third-order valence-corrected chi connectivity index (χ3v) is 3.65. The molecule has 2 aromatic rings. The SMILES string of the molecule is COC(=O)c1ccc(C(=O)NC[C@H](O)c2ccc(C(F)(F)F)cc2)cc1. The molecule has 1 atom stereocenters. The molecular weight excluding hydrogens is 351 g/mol. The van der Waals surface area contributed by atoms with Gasteiger partial charge in [-0.3, -0.25) is 4.79 Å². The standard InChI is InChI=1S/C18H16F3NO4/c1-26-17(25)13-4-2-12(3-5-13)16(24)22-10-15(23)11-6-8-14(9-7-11)18(19,20)21/h2-9,15,23H,10H2,1H3,(H,22,24)/t15-/m0/s1. The van der Waals surface area contributed by atoms with Crippen molar-refractivity contribution in [1.29, 1.82) is 0 Å². The predicted molar refractivity (Wildman–Crippen MR) is 86.5 cm³/mol. The lowest BCUT2D eigenvalue weighted by Crippen LogP contribution is -2.28. The monoisotopic (exact) mass is 367 g/mol. The van der Waals surface area contributed by atoms with Gasteiger partial charge < -0.3 is 15.2 Å². The molecule has 1 amide bonds. The lowest BCUT2D eigenvalue weighted by Gasteiger charge is -2.14. The first kappa shape index (κ1) is 19.5. The molecule has 0 unspecified atom stereocenters. The van der Waals surface area contributed by atoms with Crippen molar-refractivity contribution in [2.75, 3.05) is 13.7 Å². The van der Waals surface area contributed by atoms with Gasteiger partial charge in [0, 0.05) is 12.1 Å². The van der Waals surface area contributed by atoms with E-state index >= 15 is 0 Å². The van der Waals surface area contributed by atoms with Crippen molar-refractivity contribution in [3.63, 3.8) is 0 Å². The van der Waals surface area contributed by atoms with Gasteiger partial charge in [0.15, 0.2) is 0 Å². The maximum absolute atomic E-state index is 12.5. The molecule has 0 fully saturated rings. The Morgan fingerprint density at radius 3 is 2.08 bits per heavy atom. The van der Waals surface area contributed by atoms with Crippen molar-refractivity contribution in [1.82, 2.24) is 5.32 Å². The fourth-order valence-corrected chi connectivity index (χ4v) is 2.18. The number of aliphatic hydroxyl groups excluding tert-OH is 1. The van der Waals surface area contributed by atoms with Crippen LogP contribution in [0.1, 0.15) is 37.9 Å². The van der Waals surface area contributed by atoms with Crippen LogP contribution in [0.4, 0.5) is 13.2 Å². The summed E-state index contributed by atoms with van der Waals surface area (Å²) in [7, 11) is 1.24. The van der Waals surface area contributed by atoms with E-state index in [9.17, 15) is 27.9 Å². The van der Waals surface area contributed by atoms with Gasteiger partial charge in [-0.2, -0.15) is 13.2 Å². The number of nitrogens with one attached hydrogen (secondary N) is 1. The molecule has 8 heteroatoms. The van der Waals surface area contributed by atoms with Crippen LogP contribution in [-0.2, 0) is 10.9 Å². The van der Waals surface area contributed by atoms with E-state index in [1.807, 2.05) is 0 Å². The van der Waals surface area contributed by atoms with Crippen molar-refractivity contribution in [3.8, 4) is 0 Å². The molecule has 0 aromatic heterocycles. The number of hydrogen-bond acceptors (Lipinski definition) is 4. The number of rotatable bonds is 5. The molecule has 0 spiro atoms. The van der Waals surface area contributed by atoms with Gasteiger partial charge >= 0.3 is 12.1 Å². The molecule has 0 aliphatic carbocycles. The molecule has 0 bridgehead atoms. The predicted octanol–water partition coefficient (Wildman–Crippen LogP) is 2.96. The van der Waals surface area contributed by atoms with Gasteiger partial charge in [0.2, 0.25) is 0 Å². The normalized spacial score (nSPS) is 12.3. The fourth-order valence-electron chi connectivity index (χ4n) is 2.18. The number of aliphatic hydroxyl groups is 1.